The van der Waals surface area contributed by atoms with Crippen molar-refractivity contribution in [2.75, 3.05) is 20.1 Å². The molecule has 90 valence electrons. The van der Waals surface area contributed by atoms with Crippen molar-refractivity contribution >= 4 is 10.0 Å². The zero-order valence-electron chi connectivity index (χ0n) is 8.21. The number of nitrogens with one attached hydrogen (secondary N) is 1. The van der Waals surface area contributed by atoms with Gasteiger partial charge in [0.2, 0.25) is 0 Å². The van der Waals surface area contributed by atoms with Crippen LogP contribution in [-0.4, -0.2) is 44.4 Å². The van der Waals surface area contributed by atoms with Crippen LogP contribution >= 0.6 is 0 Å². The second kappa shape index (κ2) is 4.26. The highest BCUT2D eigenvalue weighted by molar-refractivity contribution is 7.90. The molecule has 1 saturated heterocycles. The summed E-state index contributed by atoms with van der Waals surface area (Å²) in [7, 11) is -4.21. The molecule has 1 aliphatic heterocycles. The highest BCUT2D eigenvalue weighted by atomic mass is 32.2. The van der Waals surface area contributed by atoms with Crippen LogP contribution in [-0.2, 0) is 10.0 Å². The average Bonchev–Trinajstić information content (AvgIpc) is 2.16. The lowest BCUT2D eigenvalue weighted by Crippen LogP contribution is -2.50. The predicted octanol–water partition coefficient (Wildman–Crippen LogP) is 0.520. The Kier molecular flexibility index (Phi) is 3.62. The van der Waals surface area contributed by atoms with Crippen LogP contribution in [0.2, 0.25) is 0 Å². The van der Waals surface area contributed by atoms with Crippen LogP contribution in [0.1, 0.15) is 12.8 Å². The van der Waals surface area contributed by atoms with Crippen LogP contribution in [0, 0.1) is 0 Å². The van der Waals surface area contributed by atoms with Gasteiger partial charge in [-0.15, -0.1) is 0 Å². The number of sulfonamides is 1. The molecular weight excluding hydrogens is 233 g/mol. The summed E-state index contributed by atoms with van der Waals surface area (Å²) >= 11 is 0. The van der Waals surface area contributed by atoms with Crippen LogP contribution in [0.5, 0.6) is 0 Å². The van der Waals surface area contributed by atoms with E-state index in [1.165, 1.54) is 0 Å². The molecule has 0 amide bonds. The summed E-state index contributed by atoms with van der Waals surface area (Å²) in [6, 6.07) is -0.606. The molecule has 0 aromatic carbocycles. The van der Waals surface area contributed by atoms with Gasteiger partial charge in [0.25, 0.3) is 0 Å². The highest BCUT2D eigenvalue weighted by Gasteiger charge is 2.50. The number of likely N-dealkylation sites (N-methyl/N-ethyl adjacent to an activating group) is 1. The van der Waals surface area contributed by atoms with Crippen molar-refractivity contribution in [2.45, 2.75) is 24.4 Å². The summed E-state index contributed by atoms with van der Waals surface area (Å²) in [5, 5.41) is 2.87. The van der Waals surface area contributed by atoms with E-state index < -0.39 is 21.6 Å². The normalized spacial score (nSPS) is 24.5. The van der Waals surface area contributed by atoms with E-state index >= 15 is 0 Å². The zero-order valence-corrected chi connectivity index (χ0v) is 9.03. The monoisotopic (exact) mass is 246 g/mol. The van der Waals surface area contributed by atoms with Gasteiger partial charge in [0.15, 0.2) is 0 Å². The largest absolute Gasteiger partial charge is 0.511 e. The van der Waals surface area contributed by atoms with Crippen molar-refractivity contribution in [3.8, 4) is 0 Å². The first kappa shape index (κ1) is 12.7. The highest BCUT2D eigenvalue weighted by Crippen LogP contribution is 2.28. The fourth-order valence-corrected chi connectivity index (χ4v) is 2.40. The lowest BCUT2D eigenvalue weighted by molar-refractivity contribution is -0.0494. The van der Waals surface area contributed by atoms with Gasteiger partial charge in [0.1, 0.15) is 0 Å². The summed E-state index contributed by atoms with van der Waals surface area (Å²) in [5.41, 5.74) is -5.21. The Morgan fingerprint density at radius 2 is 2.00 bits per heavy atom. The smallest absolute Gasteiger partial charge is 0.315 e. The van der Waals surface area contributed by atoms with Crippen LogP contribution in [0.3, 0.4) is 0 Å². The SMILES string of the molecule is CN(C1CCCNC1)S(=O)(=O)C(F)(F)F. The van der Waals surface area contributed by atoms with Gasteiger partial charge in [-0.25, -0.2) is 8.42 Å². The van der Waals surface area contributed by atoms with E-state index in [1.54, 1.807) is 0 Å². The molecule has 1 aliphatic rings. The minimum absolute atomic E-state index is 0.270. The first-order chi connectivity index (χ1) is 6.77. The molecule has 1 unspecified atom stereocenters. The standard InChI is InChI=1S/C7H13F3N2O2S/c1-12(6-3-2-4-11-5-6)15(13,14)7(8,9)10/h6,11H,2-5H2,1H3. The van der Waals surface area contributed by atoms with Crippen LogP contribution < -0.4 is 5.32 Å². The Morgan fingerprint density at radius 3 is 2.40 bits per heavy atom. The molecule has 4 nitrogen and oxygen atoms in total. The molecule has 0 bridgehead atoms. The molecule has 0 aliphatic carbocycles. The van der Waals surface area contributed by atoms with Crippen molar-refractivity contribution in [1.82, 2.24) is 9.62 Å². The second-order valence-corrected chi connectivity index (χ2v) is 5.46. The molecule has 1 heterocycles. The summed E-state index contributed by atoms with van der Waals surface area (Å²) in [6.07, 6.45) is 1.14. The molecule has 15 heavy (non-hydrogen) atoms. The summed E-state index contributed by atoms with van der Waals surface area (Å²) < 4.78 is 59.0. The maximum atomic E-state index is 12.2. The van der Waals surface area contributed by atoms with Crippen molar-refractivity contribution in [1.29, 1.82) is 0 Å². The molecule has 0 aromatic rings. The molecule has 1 N–H and O–H groups in total. The Balaban J connectivity index is 2.79. The van der Waals surface area contributed by atoms with E-state index in [2.05, 4.69) is 5.32 Å². The molecule has 1 rings (SSSR count). The maximum Gasteiger partial charge on any atom is 0.511 e. The summed E-state index contributed by atoms with van der Waals surface area (Å²) in [5.74, 6) is 0. The fraction of sp³-hybridized carbons (Fsp3) is 1.00. The topological polar surface area (TPSA) is 49.4 Å². The molecular formula is C7H13F3N2O2S. The van der Waals surface area contributed by atoms with Crippen LogP contribution in [0.15, 0.2) is 0 Å². The third-order valence-electron chi connectivity index (χ3n) is 2.46. The van der Waals surface area contributed by atoms with Crippen molar-refractivity contribution in [2.24, 2.45) is 0 Å². The van der Waals surface area contributed by atoms with Crippen molar-refractivity contribution in [3.05, 3.63) is 0 Å². The number of hydrogen-bond donors (Lipinski definition) is 1. The first-order valence-corrected chi connectivity index (χ1v) is 5.96. The van der Waals surface area contributed by atoms with Crippen molar-refractivity contribution in [3.63, 3.8) is 0 Å². The van der Waals surface area contributed by atoms with E-state index in [9.17, 15) is 21.6 Å². The molecule has 0 saturated carbocycles. The first-order valence-electron chi connectivity index (χ1n) is 4.52. The van der Waals surface area contributed by atoms with Gasteiger partial charge in [-0.3, -0.25) is 0 Å². The van der Waals surface area contributed by atoms with E-state index in [0.717, 1.165) is 13.6 Å². The molecule has 1 fully saturated rings. The fourth-order valence-electron chi connectivity index (χ4n) is 1.50. The zero-order chi connectivity index (χ0) is 11.7. The van der Waals surface area contributed by atoms with Gasteiger partial charge >= 0.3 is 15.5 Å². The number of nitrogens with zero attached hydrogens (tertiary/aromatic N) is 1. The molecule has 8 heteroatoms. The second-order valence-electron chi connectivity index (χ2n) is 3.47. The third-order valence-corrected chi connectivity index (χ3v) is 4.10. The molecule has 0 radical (unpaired) electrons. The Bertz CT molecular complexity index is 309. The van der Waals surface area contributed by atoms with Gasteiger partial charge in [-0.2, -0.15) is 17.5 Å². The number of piperidine rings is 1. The number of alkyl halides is 3. The van der Waals surface area contributed by atoms with Gasteiger partial charge in [-0.05, 0) is 19.4 Å². The maximum absolute atomic E-state index is 12.2. The third kappa shape index (κ3) is 2.61. The Morgan fingerprint density at radius 1 is 1.40 bits per heavy atom. The van der Waals surface area contributed by atoms with Gasteiger partial charge in [-0.1, -0.05) is 0 Å². The number of halogens is 3. The molecule has 0 aromatic heterocycles. The van der Waals surface area contributed by atoms with E-state index in [1.807, 2.05) is 0 Å². The summed E-state index contributed by atoms with van der Waals surface area (Å²) in [4.78, 5) is 0. The van der Waals surface area contributed by atoms with E-state index in [0.29, 0.717) is 17.1 Å². The van der Waals surface area contributed by atoms with Gasteiger partial charge < -0.3 is 5.32 Å². The Labute approximate surface area is 86.5 Å². The van der Waals surface area contributed by atoms with Crippen molar-refractivity contribution < 1.29 is 21.6 Å². The lowest BCUT2D eigenvalue weighted by Gasteiger charge is -2.31. The average molecular weight is 246 g/mol. The van der Waals surface area contributed by atoms with Gasteiger partial charge in [0, 0.05) is 19.6 Å². The lowest BCUT2D eigenvalue weighted by atomic mass is 10.1. The summed E-state index contributed by atoms with van der Waals surface area (Å²) in [6.45, 7) is 0.988. The van der Waals surface area contributed by atoms with Crippen LogP contribution in [0.25, 0.3) is 0 Å². The molecule has 1 atom stereocenters. The Hall–Kier alpha value is -0.340. The quantitative estimate of drug-likeness (QED) is 0.772. The van der Waals surface area contributed by atoms with E-state index in [-0.39, 0.29) is 6.54 Å². The number of hydrogen-bond acceptors (Lipinski definition) is 3. The van der Waals surface area contributed by atoms with Gasteiger partial charge in [0.05, 0.1) is 0 Å². The van der Waals surface area contributed by atoms with Crippen LogP contribution in [0.4, 0.5) is 13.2 Å². The minimum atomic E-state index is -5.21. The molecule has 0 spiro atoms. The van der Waals surface area contributed by atoms with E-state index in [4.69, 9.17) is 0 Å². The number of rotatable bonds is 2. The minimum Gasteiger partial charge on any atom is -0.315 e. The predicted molar refractivity (Wildman–Crippen MR) is 48.6 cm³/mol.